The van der Waals surface area contributed by atoms with Gasteiger partial charge in [0.2, 0.25) is 0 Å². The Bertz CT molecular complexity index is 370. The van der Waals surface area contributed by atoms with E-state index < -0.39 is 0 Å². The fourth-order valence-corrected chi connectivity index (χ4v) is 2.35. The number of rotatable bonds is 7. The fraction of sp³-hybridized carbons (Fsp3) is 0.462. The van der Waals surface area contributed by atoms with Crippen LogP contribution in [0, 0.1) is 0 Å². The molecule has 0 saturated carbocycles. The predicted molar refractivity (Wildman–Crippen MR) is 79.0 cm³/mol. The van der Waals surface area contributed by atoms with Crippen molar-refractivity contribution in [2.24, 2.45) is 0 Å². The number of hydrogen-bond acceptors (Lipinski definition) is 3. The summed E-state index contributed by atoms with van der Waals surface area (Å²) in [6.45, 7) is 1.86. The van der Waals surface area contributed by atoms with E-state index in [2.05, 4.69) is 34.1 Å². The molecule has 0 N–H and O–H groups in total. The van der Waals surface area contributed by atoms with Crippen molar-refractivity contribution in [3.63, 3.8) is 0 Å². The normalized spacial score (nSPS) is 10.8. The summed E-state index contributed by atoms with van der Waals surface area (Å²) in [6.07, 6.45) is 2.68. The van der Waals surface area contributed by atoms with Crippen LogP contribution < -0.4 is 0 Å². The molecular formula is C13H18BrNOS. The number of halogens is 1. The molecule has 1 rings (SSSR count). The first-order chi connectivity index (χ1) is 8.13. The first-order valence-corrected chi connectivity index (χ1v) is 7.78. The maximum Gasteiger partial charge on any atom is 0.164 e. The Balaban J connectivity index is 2.39. The molecule has 94 valence electrons. The lowest BCUT2D eigenvalue weighted by Gasteiger charge is -2.15. The number of ketones is 1. The van der Waals surface area contributed by atoms with Crippen LogP contribution in [-0.4, -0.2) is 42.8 Å². The summed E-state index contributed by atoms with van der Waals surface area (Å²) in [5.41, 5.74) is 0.789. The molecule has 0 fully saturated rings. The minimum Gasteiger partial charge on any atom is -0.305 e. The van der Waals surface area contributed by atoms with E-state index in [-0.39, 0.29) is 5.78 Å². The second kappa shape index (κ2) is 7.90. The highest BCUT2D eigenvalue weighted by Gasteiger charge is 2.07. The molecule has 0 aliphatic rings. The van der Waals surface area contributed by atoms with E-state index in [1.807, 2.05) is 36.0 Å². The van der Waals surface area contributed by atoms with Gasteiger partial charge in [-0.15, -0.1) is 0 Å². The van der Waals surface area contributed by atoms with Crippen molar-refractivity contribution < 1.29 is 4.79 Å². The largest absolute Gasteiger partial charge is 0.305 e. The lowest BCUT2D eigenvalue weighted by Crippen LogP contribution is -2.24. The third kappa shape index (κ3) is 5.70. The Labute approximate surface area is 116 Å². The molecule has 2 nitrogen and oxygen atoms in total. The summed E-state index contributed by atoms with van der Waals surface area (Å²) in [4.78, 5) is 14.1. The zero-order chi connectivity index (χ0) is 12.7. The number of hydrogen-bond donors (Lipinski definition) is 0. The average Bonchev–Trinajstić information content (AvgIpc) is 2.33. The van der Waals surface area contributed by atoms with E-state index in [4.69, 9.17) is 0 Å². The Morgan fingerprint density at radius 1 is 1.41 bits per heavy atom. The van der Waals surface area contributed by atoms with E-state index in [0.29, 0.717) is 6.42 Å². The number of carbonyl (C=O) groups is 1. The van der Waals surface area contributed by atoms with Gasteiger partial charge >= 0.3 is 0 Å². The SMILES string of the molecule is CSCCN(C)CCC(=O)c1cccc(Br)c1. The van der Waals surface area contributed by atoms with Gasteiger partial charge in [0.1, 0.15) is 0 Å². The van der Waals surface area contributed by atoms with Crippen LogP contribution in [-0.2, 0) is 0 Å². The highest BCUT2D eigenvalue weighted by Crippen LogP contribution is 2.13. The van der Waals surface area contributed by atoms with E-state index in [1.165, 1.54) is 0 Å². The van der Waals surface area contributed by atoms with Crippen molar-refractivity contribution in [1.82, 2.24) is 4.90 Å². The van der Waals surface area contributed by atoms with Gasteiger partial charge in [-0.3, -0.25) is 4.79 Å². The first kappa shape index (κ1) is 14.7. The molecule has 0 saturated heterocycles. The minimum absolute atomic E-state index is 0.210. The second-order valence-corrected chi connectivity index (χ2v) is 5.88. The molecule has 0 radical (unpaired) electrons. The van der Waals surface area contributed by atoms with Gasteiger partial charge in [0.25, 0.3) is 0 Å². The third-order valence-electron chi connectivity index (χ3n) is 2.54. The molecule has 0 bridgehead atoms. The van der Waals surface area contributed by atoms with Gasteiger partial charge in [0.05, 0.1) is 0 Å². The van der Waals surface area contributed by atoms with Gasteiger partial charge < -0.3 is 4.90 Å². The van der Waals surface area contributed by atoms with Crippen molar-refractivity contribution in [2.75, 3.05) is 32.1 Å². The van der Waals surface area contributed by atoms with Crippen LogP contribution in [0.25, 0.3) is 0 Å². The van der Waals surface area contributed by atoms with Crippen molar-refractivity contribution >= 4 is 33.5 Å². The summed E-state index contributed by atoms with van der Waals surface area (Å²) in [6, 6.07) is 7.58. The smallest absolute Gasteiger partial charge is 0.164 e. The molecule has 1 aromatic carbocycles. The summed E-state index contributed by atoms with van der Waals surface area (Å²) in [7, 11) is 2.06. The van der Waals surface area contributed by atoms with Crippen molar-refractivity contribution in [3.8, 4) is 0 Å². The Morgan fingerprint density at radius 2 is 2.18 bits per heavy atom. The minimum atomic E-state index is 0.210. The van der Waals surface area contributed by atoms with Gasteiger partial charge in [0, 0.05) is 35.3 Å². The van der Waals surface area contributed by atoms with Crippen molar-refractivity contribution in [3.05, 3.63) is 34.3 Å². The Morgan fingerprint density at radius 3 is 2.82 bits per heavy atom. The molecule has 0 atom stereocenters. The van der Waals surface area contributed by atoms with E-state index in [9.17, 15) is 4.79 Å². The topological polar surface area (TPSA) is 20.3 Å². The lowest BCUT2D eigenvalue weighted by molar-refractivity contribution is 0.0970. The molecule has 0 aliphatic heterocycles. The monoisotopic (exact) mass is 315 g/mol. The van der Waals surface area contributed by atoms with Gasteiger partial charge in [-0.1, -0.05) is 28.1 Å². The van der Waals surface area contributed by atoms with E-state index >= 15 is 0 Å². The molecule has 0 unspecified atom stereocenters. The summed E-state index contributed by atoms with van der Waals surface area (Å²) >= 11 is 5.21. The van der Waals surface area contributed by atoms with Crippen LogP contribution in [0.2, 0.25) is 0 Å². The second-order valence-electron chi connectivity index (χ2n) is 3.98. The number of thioether (sulfide) groups is 1. The number of benzene rings is 1. The summed E-state index contributed by atoms with van der Waals surface area (Å²) in [5.74, 6) is 1.32. The number of Topliss-reactive ketones (excluding diaryl/α,β-unsaturated/α-hetero) is 1. The standard InChI is InChI=1S/C13H18BrNOS/c1-15(8-9-17-2)7-6-13(16)11-4-3-5-12(14)10-11/h3-5,10H,6-9H2,1-2H3. The third-order valence-corrected chi connectivity index (χ3v) is 3.63. The highest BCUT2D eigenvalue weighted by atomic mass is 79.9. The number of nitrogens with zero attached hydrogens (tertiary/aromatic N) is 1. The number of carbonyl (C=O) groups excluding carboxylic acids is 1. The summed E-state index contributed by atoms with van der Waals surface area (Å²) in [5, 5.41) is 0. The Hall–Kier alpha value is -0.320. The van der Waals surface area contributed by atoms with Crippen LogP contribution in [0.5, 0.6) is 0 Å². The van der Waals surface area contributed by atoms with Crippen molar-refractivity contribution in [2.45, 2.75) is 6.42 Å². The molecule has 0 aliphatic carbocycles. The van der Waals surface area contributed by atoms with Gasteiger partial charge in [-0.05, 0) is 25.4 Å². The zero-order valence-electron chi connectivity index (χ0n) is 10.3. The predicted octanol–water partition coefficient (Wildman–Crippen LogP) is 3.32. The quantitative estimate of drug-likeness (QED) is 0.720. The van der Waals surface area contributed by atoms with E-state index in [0.717, 1.165) is 28.9 Å². The van der Waals surface area contributed by atoms with Crippen LogP contribution in [0.3, 0.4) is 0 Å². The molecule has 0 aromatic heterocycles. The van der Waals surface area contributed by atoms with Crippen molar-refractivity contribution in [1.29, 1.82) is 0 Å². The first-order valence-electron chi connectivity index (χ1n) is 5.59. The maximum atomic E-state index is 11.9. The Kier molecular flexibility index (Phi) is 6.85. The average molecular weight is 316 g/mol. The van der Waals surface area contributed by atoms with Crippen LogP contribution in [0.15, 0.2) is 28.7 Å². The molecule has 1 aromatic rings. The molecular weight excluding hydrogens is 298 g/mol. The van der Waals surface area contributed by atoms with E-state index in [1.54, 1.807) is 0 Å². The zero-order valence-corrected chi connectivity index (χ0v) is 12.7. The molecule has 4 heteroatoms. The molecule has 0 spiro atoms. The fourth-order valence-electron chi connectivity index (χ4n) is 1.46. The molecule has 0 heterocycles. The van der Waals surface area contributed by atoms with Crippen LogP contribution >= 0.6 is 27.7 Å². The highest BCUT2D eigenvalue weighted by molar-refractivity contribution is 9.10. The van der Waals surface area contributed by atoms with Gasteiger partial charge in [-0.2, -0.15) is 11.8 Å². The summed E-state index contributed by atoms with van der Waals surface area (Å²) < 4.78 is 0.957. The van der Waals surface area contributed by atoms with Crippen LogP contribution in [0.1, 0.15) is 16.8 Å². The van der Waals surface area contributed by atoms with Gasteiger partial charge in [0.15, 0.2) is 5.78 Å². The van der Waals surface area contributed by atoms with Gasteiger partial charge in [-0.25, -0.2) is 0 Å². The lowest BCUT2D eigenvalue weighted by atomic mass is 10.1. The van der Waals surface area contributed by atoms with Crippen LogP contribution in [0.4, 0.5) is 0 Å². The molecule has 0 amide bonds. The molecule has 17 heavy (non-hydrogen) atoms. The maximum absolute atomic E-state index is 11.9.